The minimum Gasteiger partial charge on any atom is -0.504 e. The van der Waals surface area contributed by atoms with Crippen LogP contribution in [0.5, 0.6) is 0 Å². The highest BCUT2D eigenvalue weighted by Crippen LogP contribution is 2.69. The zero-order valence-electron chi connectivity index (χ0n) is 14.5. The van der Waals surface area contributed by atoms with Crippen molar-refractivity contribution in [3.8, 4) is 0 Å². The number of ether oxygens (including phenoxy) is 1. The van der Waals surface area contributed by atoms with Crippen LogP contribution in [0.3, 0.4) is 0 Å². The standard InChI is InChI=1S/C20H27NO4/c22-13-4-3-12-9-15-20(24)6-5-14(23)18-19(20,16(12)17(13)25-18)7-8-21(15)10-11-1-2-11/h3-4,11-12,14-16,18,22-24H,1-2,5-10H2/t12?,14-,15?,16?,18?,19?,20-/m1/s1. The molecule has 3 N–H and O–H groups in total. The number of piperidine rings is 1. The fourth-order valence-electron chi connectivity index (χ4n) is 7.06. The predicted octanol–water partition coefficient (Wildman–Crippen LogP) is 1.72. The van der Waals surface area contributed by atoms with Crippen LogP contribution in [0.15, 0.2) is 23.7 Å². The number of hydrogen-bond donors (Lipinski definition) is 3. The van der Waals surface area contributed by atoms with E-state index in [1.807, 2.05) is 0 Å². The van der Waals surface area contributed by atoms with Gasteiger partial charge < -0.3 is 20.1 Å². The van der Waals surface area contributed by atoms with Crippen molar-refractivity contribution < 1.29 is 20.1 Å². The van der Waals surface area contributed by atoms with Gasteiger partial charge in [0.25, 0.3) is 0 Å². The summed E-state index contributed by atoms with van der Waals surface area (Å²) in [7, 11) is 0. The molecule has 0 amide bonds. The highest BCUT2D eigenvalue weighted by Gasteiger charge is 2.76. The summed E-state index contributed by atoms with van der Waals surface area (Å²) in [5.74, 6) is 1.93. The molecule has 4 aliphatic carbocycles. The van der Waals surface area contributed by atoms with Gasteiger partial charge in [0.2, 0.25) is 0 Å². The molecule has 2 heterocycles. The smallest absolute Gasteiger partial charge is 0.153 e. The lowest BCUT2D eigenvalue weighted by atomic mass is 9.44. The summed E-state index contributed by atoms with van der Waals surface area (Å²) in [4.78, 5) is 2.54. The number of aliphatic hydroxyl groups is 3. The molecule has 5 nitrogen and oxygen atoms in total. The van der Waals surface area contributed by atoms with E-state index in [-0.39, 0.29) is 29.7 Å². The fraction of sp³-hybridized carbons (Fsp3) is 0.800. The molecule has 5 unspecified atom stereocenters. The third kappa shape index (κ3) is 1.66. The van der Waals surface area contributed by atoms with Crippen molar-refractivity contribution in [2.24, 2.45) is 23.2 Å². The molecular weight excluding hydrogens is 318 g/mol. The Bertz CT molecular complexity index is 685. The van der Waals surface area contributed by atoms with Crippen LogP contribution in [0.25, 0.3) is 0 Å². The van der Waals surface area contributed by atoms with Crippen LogP contribution in [-0.4, -0.2) is 57.2 Å². The van der Waals surface area contributed by atoms with E-state index < -0.39 is 17.1 Å². The first-order valence-electron chi connectivity index (χ1n) is 9.97. The maximum absolute atomic E-state index is 12.0. The highest BCUT2D eigenvalue weighted by atomic mass is 16.5. The van der Waals surface area contributed by atoms with Crippen molar-refractivity contribution in [3.05, 3.63) is 23.7 Å². The average Bonchev–Trinajstić information content (AvgIpc) is 3.32. The van der Waals surface area contributed by atoms with E-state index in [2.05, 4.69) is 11.0 Å². The molecule has 2 aliphatic heterocycles. The first-order chi connectivity index (χ1) is 12.0. The zero-order valence-corrected chi connectivity index (χ0v) is 14.5. The minimum absolute atomic E-state index is 0.0155. The predicted molar refractivity (Wildman–Crippen MR) is 90.6 cm³/mol. The number of rotatable bonds is 2. The first-order valence-corrected chi connectivity index (χ1v) is 9.97. The lowest BCUT2D eigenvalue weighted by Crippen LogP contribution is -2.77. The van der Waals surface area contributed by atoms with Gasteiger partial charge in [0.05, 0.1) is 17.1 Å². The van der Waals surface area contributed by atoms with E-state index in [0.717, 1.165) is 31.8 Å². The Balaban J connectivity index is 1.50. The molecular formula is C20H27NO4. The fourth-order valence-corrected chi connectivity index (χ4v) is 7.06. The molecule has 136 valence electrons. The van der Waals surface area contributed by atoms with E-state index in [1.54, 1.807) is 6.08 Å². The summed E-state index contributed by atoms with van der Waals surface area (Å²) in [6.07, 6.45) is 8.58. The van der Waals surface area contributed by atoms with Crippen LogP contribution in [-0.2, 0) is 4.74 Å². The second-order valence-electron chi connectivity index (χ2n) is 9.30. The summed E-state index contributed by atoms with van der Waals surface area (Å²) in [6, 6.07) is 0.144. The Morgan fingerprint density at radius 1 is 1.24 bits per heavy atom. The second kappa shape index (κ2) is 4.62. The lowest BCUT2D eigenvalue weighted by molar-refractivity contribution is -0.267. The van der Waals surface area contributed by atoms with Gasteiger partial charge in [0.1, 0.15) is 11.9 Å². The van der Waals surface area contributed by atoms with Gasteiger partial charge in [-0.15, -0.1) is 0 Å². The Labute approximate surface area is 148 Å². The average molecular weight is 345 g/mol. The topological polar surface area (TPSA) is 73.2 Å². The maximum Gasteiger partial charge on any atom is 0.153 e. The van der Waals surface area contributed by atoms with Crippen LogP contribution >= 0.6 is 0 Å². The van der Waals surface area contributed by atoms with Crippen molar-refractivity contribution in [2.75, 3.05) is 13.1 Å². The van der Waals surface area contributed by atoms with Crippen LogP contribution in [0, 0.1) is 23.2 Å². The molecule has 5 fully saturated rings. The quantitative estimate of drug-likeness (QED) is 0.711. The lowest BCUT2D eigenvalue weighted by Gasteiger charge is -2.66. The summed E-state index contributed by atoms with van der Waals surface area (Å²) >= 11 is 0. The van der Waals surface area contributed by atoms with E-state index in [1.165, 1.54) is 12.8 Å². The molecule has 2 bridgehead atoms. The summed E-state index contributed by atoms with van der Waals surface area (Å²) < 4.78 is 6.19. The molecule has 6 rings (SSSR count). The molecule has 6 aliphatic rings. The van der Waals surface area contributed by atoms with Gasteiger partial charge in [-0.05, 0) is 63.0 Å². The van der Waals surface area contributed by atoms with Crippen molar-refractivity contribution in [2.45, 2.75) is 62.4 Å². The summed E-state index contributed by atoms with van der Waals surface area (Å²) in [6.45, 7) is 2.07. The Morgan fingerprint density at radius 2 is 2.08 bits per heavy atom. The number of aliphatic hydroxyl groups excluding tert-OH is 2. The highest BCUT2D eigenvalue weighted by molar-refractivity contribution is 5.38. The monoisotopic (exact) mass is 345 g/mol. The summed E-state index contributed by atoms with van der Waals surface area (Å²) in [5, 5.41) is 33.1. The van der Waals surface area contributed by atoms with Crippen LogP contribution < -0.4 is 0 Å². The molecule has 0 aromatic carbocycles. The first kappa shape index (κ1) is 15.1. The van der Waals surface area contributed by atoms with E-state index in [4.69, 9.17) is 4.74 Å². The van der Waals surface area contributed by atoms with Crippen LogP contribution in [0.2, 0.25) is 0 Å². The van der Waals surface area contributed by atoms with Crippen molar-refractivity contribution >= 4 is 0 Å². The molecule has 0 aromatic rings. The second-order valence-corrected chi connectivity index (χ2v) is 9.30. The number of allylic oxidation sites excluding steroid dienone is 3. The van der Waals surface area contributed by atoms with Crippen molar-refractivity contribution in [1.29, 1.82) is 0 Å². The molecule has 1 spiro atoms. The van der Waals surface area contributed by atoms with Crippen LogP contribution in [0.4, 0.5) is 0 Å². The molecule has 3 saturated carbocycles. The van der Waals surface area contributed by atoms with Gasteiger partial charge in [0, 0.05) is 18.5 Å². The number of nitrogens with zero attached hydrogens (tertiary/aromatic N) is 1. The Hall–Kier alpha value is -1.04. The van der Waals surface area contributed by atoms with Crippen molar-refractivity contribution in [3.63, 3.8) is 0 Å². The minimum atomic E-state index is -0.821. The molecule has 0 aromatic heterocycles. The molecule has 5 heteroatoms. The SMILES string of the molecule is OC1=C2OC3[C@H](O)CC[C@@]4(O)C5CC(C=C1)C2C34CCN5CC1CC1. The van der Waals surface area contributed by atoms with E-state index in [0.29, 0.717) is 18.6 Å². The number of likely N-dealkylation sites (tertiary alicyclic amines) is 1. The van der Waals surface area contributed by atoms with Crippen LogP contribution in [0.1, 0.15) is 38.5 Å². The third-order valence-corrected chi connectivity index (χ3v) is 8.25. The molecule has 2 saturated heterocycles. The molecule has 25 heavy (non-hydrogen) atoms. The van der Waals surface area contributed by atoms with Gasteiger partial charge in [-0.25, -0.2) is 0 Å². The van der Waals surface area contributed by atoms with Gasteiger partial charge in [-0.3, -0.25) is 4.90 Å². The zero-order chi connectivity index (χ0) is 17.0. The largest absolute Gasteiger partial charge is 0.504 e. The maximum atomic E-state index is 12.0. The molecule has 7 atom stereocenters. The number of hydrogen-bond acceptors (Lipinski definition) is 5. The Morgan fingerprint density at radius 3 is 2.88 bits per heavy atom. The third-order valence-electron chi connectivity index (χ3n) is 8.25. The Kier molecular flexibility index (Phi) is 2.78. The van der Waals surface area contributed by atoms with E-state index >= 15 is 0 Å². The van der Waals surface area contributed by atoms with Gasteiger partial charge in [0.15, 0.2) is 5.76 Å². The summed E-state index contributed by atoms with van der Waals surface area (Å²) in [5.41, 5.74) is -1.27. The normalized spacial score (nSPS) is 53.6. The molecule has 0 radical (unpaired) electrons. The van der Waals surface area contributed by atoms with Gasteiger partial charge in [-0.1, -0.05) is 6.08 Å². The van der Waals surface area contributed by atoms with Crippen molar-refractivity contribution in [1.82, 2.24) is 4.90 Å². The van der Waals surface area contributed by atoms with Gasteiger partial charge >= 0.3 is 0 Å². The van der Waals surface area contributed by atoms with Gasteiger partial charge in [-0.2, -0.15) is 0 Å². The van der Waals surface area contributed by atoms with E-state index in [9.17, 15) is 15.3 Å².